The number of nitrogens with zero attached hydrogens (tertiary/aromatic N) is 5. The largest absolute Gasteiger partial charge is 0.381 e. The smallest absolute Gasteiger partial charge is 0.261 e. The molecule has 4 heterocycles. The van der Waals surface area contributed by atoms with Gasteiger partial charge in [-0.05, 0) is 73.6 Å². The van der Waals surface area contributed by atoms with Crippen LogP contribution >= 0.6 is 0 Å². The van der Waals surface area contributed by atoms with Crippen molar-refractivity contribution >= 4 is 10.9 Å². The first kappa shape index (κ1) is 20.6. The van der Waals surface area contributed by atoms with Crippen molar-refractivity contribution in [2.75, 3.05) is 13.2 Å². The molecule has 0 unspecified atom stereocenters. The van der Waals surface area contributed by atoms with E-state index in [1.165, 1.54) is 5.56 Å². The lowest BCUT2D eigenvalue weighted by Gasteiger charge is -2.24. The van der Waals surface area contributed by atoms with Crippen molar-refractivity contribution in [1.82, 2.24) is 24.3 Å². The van der Waals surface area contributed by atoms with Gasteiger partial charge in [0.2, 0.25) is 0 Å². The molecule has 0 amide bonds. The fraction of sp³-hybridized carbons (Fsp3) is 0.360. The second-order valence-electron chi connectivity index (χ2n) is 8.59. The Labute approximate surface area is 186 Å². The molecule has 7 heteroatoms. The van der Waals surface area contributed by atoms with E-state index >= 15 is 0 Å². The number of rotatable bonds is 4. The lowest BCUT2D eigenvalue weighted by Crippen LogP contribution is -2.29. The summed E-state index contributed by atoms with van der Waals surface area (Å²) < 4.78 is 9.03. The van der Waals surface area contributed by atoms with E-state index in [1.807, 2.05) is 37.6 Å². The molecular formula is C25H27N5O2. The van der Waals surface area contributed by atoms with Crippen LogP contribution in [0.25, 0.3) is 22.3 Å². The Hall–Kier alpha value is -3.32. The van der Waals surface area contributed by atoms with Gasteiger partial charge in [0, 0.05) is 38.7 Å². The molecule has 1 aromatic carbocycles. The Morgan fingerprint density at radius 3 is 2.56 bits per heavy atom. The zero-order chi connectivity index (χ0) is 22.2. The molecule has 0 saturated carbocycles. The summed E-state index contributed by atoms with van der Waals surface area (Å²) in [4.78, 5) is 22.6. The number of fused-ring (bicyclic) bond motifs is 1. The number of pyridine rings is 1. The van der Waals surface area contributed by atoms with Crippen molar-refractivity contribution in [3.8, 4) is 11.4 Å². The molecule has 0 aliphatic carbocycles. The molecule has 0 radical (unpaired) electrons. The van der Waals surface area contributed by atoms with Crippen LogP contribution in [-0.4, -0.2) is 37.5 Å². The van der Waals surface area contributed by atoms with Gasteiger partial charge in [-0.2, -0.15) is 5.10 Å². The average Bonchev–Trinajstić information content (AvgIpc) is 3.25. The van der Waals surface area contributed by atoms with Crippen LogP contribution in [-0.2, 0) is 18.2 Å². The van der Waals surface area contributed by atoms with Crippen molar-refractivity contribution in [2.24, 2.45) is 7.05 Å². The molecule has 164 valence electrons. The molecule has 4 aromatic rings. The number of hydrogen-bond acceptors (Lipinski definition) is 5. The third-order valence-corrected chi connectivity index (χ3v) is 6.53. The highest BCUT2D eigenvalue weighted by Gasteiger charge is 2.19. The number of ether oxygens (including phenoxy) is 1. The quantitative estimate of drug-likeness (QED) is 0.494. The standard InChI is InChI=1S/C25H27N5O2/c1-16-17(2)24-21(25(31)30(15-27-24)20-7-10-32-11-8-20)13-19(16)12-18-4-5-22(26-14-18)23-6-9-29(3)28-23/h4-6,9,13-15,20H,7-8,10-12H2,1-3H3. The first-order valence-electron chi connectivity index (χ1n) is 11.0. The molecule has 0 spiro atoms. The lowest BCUT2D eigenvalue weighted by molar-refractivity contribution is 0.0685. The highest BCUT2D eigenvalue weighted by atomic mass is 16.5. The zero-order valence-corrected chi connectivity index (χ0v) is 18.7. The first-order valence-corrected chi connectivity index (χ1v) is 11.0. The Morgan fingerprint density at radius 2 is 1.88 bits per heavy atom. The molecule has 32 heavy (non-hydrogen) atoms. The average molecular weight is 430 g/mol. The highest BCUT2D eigenvalue weighted by Crippen LogP contribution is 2.26. The topological polar surface area (TPSA) is 74.8 Å². The number of hydrogen-bond donors (Lipinski definition) is 0. The van der Waals surface area contributed by atoms with Gasteiger partial charge in [0.15, 0.2) is 0 Å². The van der Waals surface area contributed by atoms with E-state index in [9.17, 15) is 4.79 Å². The molecule has 7 nitrogen and oxygen atoms in total. The Balaban J connectivity index is 1.50. The fourth-order valence-corrected chi connectivity index (χ4v) is 4.47. The van der Waals surface area contributed by atoms with Gasteiger partial charge in [0.1, 0.15) is 5.69 Å². The van der Waals surface area contributed by atoms with Crippen LogP contribution in [0.1, 0.15) is 41.1 Å². The lowest BCUT2D eigenvalue weighted by atomic mass is 9.95. The van der Waals surface area contributed by atoms with E-state index in [2.05, 4.69) is 35.0 Å². The maximum atomic E-state index is 13.4. The van der Waals surface area contributed by atoms with Crippen LogP contribution in [0.3, 0.4) is 0 Å². The third kappa shape index (κ3) is 3.73. The van der Waals surface area contributed by atoms with Crippen LogP contribution in [0.2, 0.25) is 0 Å². The highest BCUT2D eigenvalue weighted by molar-refractivity contribution is 5.83. The number of aromatic nitrogens is 5. The van der Waals surface area contributed by atoms with E-state index in [0.29, 0.717) is 25.0 Å². The van der Waals surface area contributed by atoms with Gasteiger partial charge in [0.25, 0.3) is 5.56 Å². The summed E-state index contributed by atoms with van der Waals surface area (Å²) in [6, 6.07) is 8.21. The minimum absolute atomic E-state index is 0.0369. The maximum Gasteiger partial charge on any atom is 0.261 e. The zero-order valence-electron chi connectivity index (χ0n) is 18.7. The van der Waals surface area contributed by atoms with Crippen LogP contribution in [0.4, 0.5) is 0 Å². The maximum absolute atomic E-state index is 13.4. The summed E-state index contributed by atoms with van der Waals surface area (Å²) in [6.07, 6.45) is 7.93. The summed E-state index contributed by atoms with van der Waals surface area (Å²) in [6.45, 7) is 5.53. The Morgan fingerprint density at radius 1 is 1.06 bits per heavy atom. The van der Waals surface area contributed by atoms with Crippen molar-refractivity contribution < 1.29 is 4.74 Å². The minimum atomic E-state index is 0.0369. The molecule has 3 aromatic heterocycles. The second kappa shape index (κ2) is 8.31. The van der Waals surface area contributed by atoms with E-state index in [1.54, 1.807) is 15.6 Å². The van der Waals surface area contributed by atoms with Gasteiger partial charge in [-0.25, -0.2) is 4.98 Å². The molecule has 5 rings (SSSR count). The van der Waals surface area contributed by atoms with E-state index in [0.717, 1.165) is 46.4 Å². The normalized spacial score (nSPS) is 14.8. The monoisotopic (exact) mass is 429 g/mol. The molecule has 1 saturated heterocycles. The Bertz CT molecular complexity index is 1330. The van der Waals surface area contributed by atoms with Gasteiger partial charge in [-0.1, -0.05) is 6.07 Å². The van der Waals surface area contributed by atoms with Gasteiger partial charge >= 0.3 is 0 Å². The van der Waals surface area contributed by atoms with Crippen molar-refractivity contribution in [3.05, 3.63) is 75.6 Å². The SMILES string of the molecule is Cc1c(Cc2ccc(-c3ccn(C)n3)nc2)cc2c(=O)n(C3CCOCC3)cnc2c1C. The van der Waals surface area contributed by atoms with Crippen molar-refractivity contribution in [2.45, 2.75) is 39.2 Å². The minimum Gasteiger partial charge on any atom is -0.381 e. The molecule has 0 N–H and O–H groups in total. The molecule has 1 fully saturated rings. The first-order chi connectivity index (χ1) is 15.5. The van der Waals surface area contributed by atoms with Crippen molar-refractivity contribution in [3.63, 3.8) is 0 Å². The van der Waals surface area contributed by atoms with Gasteiger partial charge in [0.05, 0.1) is 22.9 Å². The predicted octanol–water partition coefficient (Wildman–Crippen LogP) is 3.75. The summed E-state index contributed by atoms with van der Waals surface area (Å²) in [5.74, 6) is 0. The number of aryl methyl sites for hydroxylation is 2. The van der Waals surface area contributed by atoms with Crippen LogP contribution < -0.4 is 5.56 Å². The second-order valence-corrected chi connectivity index (χ2v) is 8.59. The molecular weight excluding hydrogens is 402 g/mol. The predicted molar refractivity (Wildman–Crippen MR) is 124 cm³/mol. The van der Waals surface area contributed by atoms with E-state index in [4.69, 9.17) is 4.74 Å². The van der Waals surface area contributed by atoms with Gasteiger partial charge in [-0.15, -0.1) is 0 Å². The summed E-state index contributed by atoms with van der Waals surface area (Å²) in [5.41, 5.74) is 7.00. The number of benzene rings is 1. The van der Waals surface area contributed by atoms with Crippen LogP contribution in [0.15, 0.2) is 47.8 Å². The van der Waals surface area contributed by atoms with Crippen molar-refractivity contribution in [1.29, 1.82) is 0 Å². The van der Waals surface area contributed by atoms with Crippen LogP contribution in [0.5, 0.6) is 0 Å². The van der Waals surface area contributed by atoms with Gasteiger partial charge in [-0.3, -0.25) is 19.0 Å². The molecule has 1 aliphatic heterocycles. The van der Waals surface area contributed by atoms with E-state index < -0.39 is 0 Å². The summed E-state index contributed by atoms with van der Waals surface area (Å²) >= 11 is 0. The Kier molecular flexibility index (Phi) is 5.35. The van der Waals surface area contributed by atoms with Gasteiger partial charge < -0.3 is 4.74 Å². The molecule has 1 aliphatic rings. The van der Waals surface area contributed by atoms with E-state index in [-0.39, 0.29) is 11.6 Å². The summed E-state index contributed by atoms with van der Waals surface area (Å²) in [5, 5.41) is 5.10. The fourth-order valence-electron chi connectivity index (χ4n) is 4.47. The summed E-state index contributed by atoms with van der Waals surface area (Å²) in [7, 11) is 1.90. The molecule has 0 bridgehead atoms. The third-order valence-electron chi connectivity index (χ3n) is 6.53. The van der Waals surface area contributed by atoms with Crippen LogP contribution in [0, 0.1) is 13.8 Å². The molecule has 0 atom stereocenters.